The first-order valence-electron chi connectivity index (χ1n) is 7.49. The van der Waals surface area contributed by atoms with Crippen LogP contribution in [0.5, 0.6) is 11.5 Å². The van der Waals surface area contributed by atoms with E-state index in [0.717, 1.165) is 12.8 Å². The van der Waals surface area contributed by atoms with E-state index < -0.39 is 0 Å². The lowest BCUT2D eigenvalue weighted by molar-refractivity contribution is 0.0894. The number of hydrogen-bond acceptors (Lipinski definition) is 4. The van der Waals surface area contributed by atoms with Gasteiger partial charge in [-0.15, -0.1) is 12.4 Å². The van der Waals surface area contributed by atoms with E-state index in [2.05, 4.69) is 21.2 Å². The van der Waals surface area contributed by atoms with Gasteiger partial charge in [-0.25, -0.2) is 0 Å². The summed E-state index contributed by atoms with van der Waals surface area (Å²) in [6.07, 6.45) is 1.56. The van der Waals surface area contributed by atoms with Crippen molar-refractivity contribution in [3.63, 3.8) is 0 Å². The van der Waals surface area contributed by atoms with Gasteiger partial charge in [0.1, 0.15) is 0 Å². The molecular formula is C16H26BrClN2O3. The molecule has 0 atom stereocenters. The van der Waals surface area contributed by atoms with Crippen molar-refractivity contribution >= 4 is 34.2 Å². The molecule has 0 unspecified atom stereocenters. The first-order chi connectivity index (χ1) is 10.5. The van der Waals surface area contributed by atoms with E-state index in [0.29, 0.717) is 34.7 Å². The van der Waals surface area contributed by atoms with Gasteiger partial charge in [0.25, 0.3) is 5.91 Å². The fourth-order valence-corrected chi connectivity index (χ4v) is 2.77. The monoisotopic (exact) mass is 408 g/mol. The van der Waals surface area contributed by atoms with Gasteiger partial charge in [0.2, 0.25) is 0 Å². The van der Waals surface area contributed by atoms with Crippen LogP contribution in [0.2, 0.25) is 0 Å². The van der Waals surface area contributed by atoms with E-state index in [1.165, 1.54) is 0 Å². The summed E-state index contributed by atoms with van der Waals surface area (Å²) in [5.41, 5.74) is 5.96. The molecule has 132 valence electrons. The molecule has 0 spiro atoms. The van der Waals surface area contributed by atoms with E-state index >= 15 is 0 Å². The van der Waals surface area contributed by atoms with E-state index in [9.17, 15) is 4.79 Å². The van der Waals surface area contributed by atoms with E-state index in [1.54, 1.807) is 19.2 Å². The van der Waals surface area contributed by atoms with Crippen molar-refractivity contribution in [3.8, 4) is 11.5 Å². The lowest BCUT2D eigenvalue weighted by atomic mass is 9.92. The summed E-state index contributed by atoms with van der Waals surface area (Å²) in [5, 5.41) is 3.04. The Morgan fingerprint density at radius 3 is 2.35 bits per heavy atom. The first-order valence-corrected chi connectivity index (χ1v) is 8.29. The molecule has 1 rings (SSSR count). The molecule has 0 saturated carbocycles. The van der Waals surface area contributed by atoms with Crippen LogP contribution in [0.25, 0.3) is 0 Å². The van der Waals surface area contributed by atoms with Crippen molar-refractivity contribution in [2.75, 3.05) is 20.3 Å². The van der Waals surface area contributed by atoms with Gasteiger partial charge in [0, 0.05) is 12.1 Å². The molecule has 0 aliphatic carbocycles. The SMILES string of the molecule is CCOc1c(Br)cc(C(=O)NC(CC)(CC)CN)cc1OC.Cl. The van der Waals surface area contributed by atoms with Crippen LogP contribution in [-0.2, 0) is 0 Å². The highest BCUT2D eigenvalue weighted by Gasteiger charge is 2.27. The molecule has 0 fully saturated rings. The molecule has 0 aromatic heterocycles. The largest absolute Gasteiger partial charge is 0.493 e. The second-order valence-electron chi connectivity index (χ2n) is 5.07. The normalized spacial score (nSPS) is 10.7. The summed E-state index contributed by atoms with van der Waals surface area (Å²) >= 11 is 3.43. The van der Waals surface area contributed by atoms with Gasteiger partial charge in [-0.1, -0.05) is 13.8 Å². The number of carbonyl (C=O) groups is 1. The molecule has 5 nitrogen and oxygen atoms in total. The predicted molar refractivity (Wildman–Crippen MR) is 98.9 cm³/mol. The van der Waals surface area contributed by atoms with Gasteiger partial charge in [-0.05, 0) is 47.8 Å². The van der Waals surface area contributed by atoms with Crippen molar-refractivity contribution in [1.29, 1.82) is 0 Å². The molecule has 23 heavy (non-hydrogen) atoms. The van der Waals surface area contributed by atoms with Crippen molar-refractivity contribution in [2.24, 2.45) is 5.73 Å². The van der Waals surface area contributed by atoms with Crippen LogP contribution < -0.4 is 20.5 Å². The molecule has 1 aromatic rings. The van der Waals surface area contributed by atoms with Gasteiger partial charge in [0.15, 0.2) is 11.5 Å². The summed E-state index contributed by atoms with van der Waals surface area (Å²) in [6.45, 7) is 6.85. The summed E-state index contributed by atoms with van der Waals surface area (Å²) in [4.78, 5) is 12.5. The van der Waals surface area contributed by atoms with Crippen molar-refractivity contribution in [3.05, 3.63) is 22.2 Å². The number of hydrogen-bond donors (Lipinski definition) is 2. The van der Waals surface area contributed by atoms with Gasteiger partial charge >= 0.3 is 0 Å². The van der Waals surface area contributed by atoms with Gasteiger partial charge in [-0.3, -0.25) is 4.79 Å². The number of amides is 1. The number of carbonyl (C=O) groups excluding carboxylic acids is 1. The van der Waals surface area contributed by atoms with Crippen LogP contribution in [0.15, 0.2) is 16.6 Å². The molecule has 0 heterocycles. The number of methoxy groups -OCH3 is 1. The van der Waals surface area contributed by atoms with Crippen molar-refractivity contribution in [1.82, 2.24) is 5.32 Å². The molecule has 0 bridgehead atoms. The Labute approximate surface area is 152 Å². The third kappa shape index (κ3) is 5.26. The number of ether oxygens (including phenoxy) is 2. The summed E-state index contributed by atoms with van der Waals surface area (Å²) in [5.74, 6) is 0.946. The molecule has 0 radical (unpaired) electrons. The fraction of sp³-hybridized carbons (Fsp3) is 0.562. The maximum absolute atomic E-state index is 12.5. The quantitative estimate of drug-likeness (QED) is 0.689. The minimum atomic E-state index is -0.380. The zero-order valence-electron chi connectivity index (χ0n) is 14.1. The molecule has 0 aliphatic heterocycles. The van der Waals surface area contributed by atoms with Crippen LogP contribution in [-0.4, -0.2) is 31.7 Å². The van der Waals surface area contributed by atoms with Gasteiger partial charge in [-0.2, -0.15) is 0 Å². The van der Waals surface area contributed by atoms with Crippen LogP contribution in [0, 0.1) is 0 Å². The Bertz CT molecular complexity index is 514. The van der Waals surface area contributed by atoms with Crippen LogP contribution in [0.4, 0.5) is 0 Å². The third-order valence-electron chi connectivity index (χ3n) is 3.90. The molecular weight excluding hydrogens is 384 g/mol. The lowest BCUT2D eigenvalue weighted by Gasteiger charge is -2.31. The van der Waals surface area contributed by atoms with E-state index in [1.807, 2.05) is 20.8 Å². The summed E-state index contributed by atoms with van der Waals surface area (Å²) in [7, 11) is 1.55. The summed E-state index contributed by atoms with van der Waals surface area (Å²) in [6, 6.07) is 3.41. The van der Waals surface area contributed by atoms with Crippen molar-refractivity contribution in [2.45, 2.75) is 39.2 Å². The number of nitrogens with one attached hydrogen (secondary N) is 1. The Hall–Kier alpha value is -0.980. The van der Waals surface area contributed by atoms with E-state index in [4.69, 9.17) is 15.2 Å². The molecule has 0 aliphatic rings. The predicted octanol–water partition coefficient (Wildman–Crippen LogP) is 3.53. The Morgan fingerprint density at radius 2 is 1.91 bits per heavy atom. The minimum absolute atomic E-state index is 0. The fourth-order valence-electron chi connectivity index (χ4n) is 2.21. The molecule has 0 saturated heterocycles. The van der Waals surface area contributed by atoms with Crippen molar-refractivity contribution < 1.29 is 14.3 Å². The highest BCUT2D eigenvalue weighted by Crippen LogP contribution is 2.36. The highest BCUT2D eigenvalue weighted by atomic mass is 79.9. The van der Waals surface area contributed by atoms with Crippen LogP contribution in [0.3, 0.4) is 0 Å². The molecule has 1 aromatic carbocycles. The zero-order valence-corrected chi connectivity index (χ0v) is 16.5. The average Bonchev–Trinajstić information content (AvgIpc) is 2.54. The van der Waals surface area contributed by atoms with E-state index in [-0.39, 0.29) is 23.9 Å². The van der Waals surface area contributed by atoms with Gasteiger partial charge in [0.05, 0.1) is 23.7 Å². The Balaban J connectivity index is 0.00000484. The number of nitrogens with two attached hydrogens (primary N) is 1. The third-order valence-corrected chi connectivity index (χ3v) is 4.49. The Morgan fingerprint density at radius 1 is 1.30 bits per heavy atom. The Kier molecular flexibility index (Phi) is 9.58. The maximum Gasteiger partial charge on any atom is 0.251 e. The van der Waals surface area contributed by atoms with Crippen LogP contribution >= 0.6 is 28.3 Å². The minimum Gasteiger partial charge on any atom is -0.493 e. The molecule has 1 amide bonds. The standard InChI is InChI=1S/C16H25BrN2O3.ClH/c1-5-16(6-2,10-18)19-15(20)11-8-12(17)14(22-7-3)13(9-11)21-4;/h8-9H,5-7,10,18H2,1-4H3,(H,19,20);1H. The average molecular weight is 410 g/mol. The maximum atomic E-state index is 12.5. The topological polar surface area (TPSA) is 73.6 Å². The lowest BCUT2D eigenvalue weighted by Crippen LogP contribution is -2.52. The number of rotatable bonds is 8. The zero-order chi connectivity index (χ0) is 16.8. The summed E-state index contributed by atoms with van der Waals surface area (Å²) < 4.78 is 11.5. The smallest absolute Gasteiger partial charge is 0.251 e. The van der Waals surface area contributed by atoms with Crippen LogP contribution in [0.1, 0.15) is 44.0 Å². The number of benzene rings is 1. The molecule has 3 N–H and O–H groups in total. The second-order valence-corrected chi connectivity index (χ2v) is 5.92. The first kappa shape index (κ1) is 22.0. The van der Waals surface area contributed by atoms with Gasteiger partial charge < -0.3 is 20.5 Å². The molecule has 7 heteroatoms. The second kappa shape index (κ2) is 10.0. The highest BCUT2D eigenvalue weighted by molar-refractivity contribution is 9.10. The number of halogens is 2.